The first kappa shape index (κ1) is 12.5. The van der Waals surface area contributed by atoms with E-state index in [1.54, 1.807) is 11.9 Å². The molecule has 3 aromatic rings. The number of fused-ring (bicyclic) bond motifs is 1. The minimum Gasteiger partial charge on any atom is -0.350 e. The van der Waals surface area contributed by atoms with Gasteiger partial charge in [-0.05, 0) is 30.7 Å². The van der Waals surface area contributed by atoms with E-state index in [0.717, 1.165) is 22.2 Å². The van der Waals surface area contributed by atoms with Gasteiger partial charge in [-0.2, -0.15) is 0 Å². The molecule has 3 nitrogen and oxygen atoms in total. The number of hydrogen-bond acceptors (Lipinski definition) is 1. The van der Waals surface area contributed by atoms with Gasteiger partial charge in [-0.3, -0.25) is 4.79 Å². The number of rotatable bonds is 2. The second-order valence-corrected chi connectivity index (χ2v) is 4.87. The van der Waals surface area contributed by atoms with Crippen LogP contribution < -0.4 is 4.90 Å². The first-order valence-corrected chi connectivity index (χ1v) is 6.59. The normalized spacial score (nSPS) is 10.7. The van der Waals surface area contributed by atoms with E-state index in [-0.39, 0.29) is 5.91 Å². The summed E-state index contributed by atoms with van der Waals surface area (Å²) in [7, 11) is 1.79. The summed E-state index contributed by atoms with van der Waals surface area (Å²) >= 11 is 0. The SMILES string of the molecule is Cc1c(C(=O)N(C)c2ccccc2)[nH]c2ccccc12. The van der Waals surface area contributed by atoms with E-state index in [1.807, 2.05) is 61.5 Å². The molecule has 0 aliphatic heterocycles. The maximum atomic E-state index is 12.6. The van der Waals surface area contributed by atoms with Gasteiger partial charge >= 0.3 is 0 Å². The second-order valence-electron chi connectivity index (χ2n) is 4.87. The van der Waals surface area contributed by atoms with Crippen LogP contribution in [0.15, 0.2) is 54.6 Å². The number of hydrogen-bond donors (Lipinski definition) is 1. The monoisotopic (exact) mass is 264 g/mol. The van der Waals surface area contributed by atoms with Crippen molar-refractivity contribution < 1.29 is 4.79 Å². The summed E-state index contributed by atoms with van der Waals surface area (Å²) in [5, 5.41) is 1.09. The summed E-state index contributed by atoms with van der Waals surface area (Å²) in [4.78, 5) is 17.5. The van der Waals surface area contributed by atoms with E-state index < -0.39 is 0 Å². The highest BCUT2D eigenvalue weighted by Gasteiger charge is 2.18. The van der Waals surface area contributed by atoms with Gasteiger partial charge in [0.2, 0.25) is 0 Å². The molecule has 3 heteroatoms. The number of benzene rings is 2. The van der Waals surface area contributed by atoms with Gasteiger partial charge in [0.25, 0.3) is 5.91 Å². The molecule has 1 aromatic heterocycles. The first-order chi connectivity index (χ1) is 9.68. The number of carbonyl (C=O) groups is 1. The highest BCUT2D eigenvalue weighted by atomic mass is 16.2. The topological polar surface area (TPSA) is 36.1 Å². The Labute approximate surface area is 117 Å². The van der Waals surface area contributed by atoms with Crippen molar-refractivity contribution >= 4 is 22.5 Å². The van der Waals surface area contributed by atoms with E-state index in [4.69, 9.17) is 0 Å². The lowest BCUT2D eigenvalue weighted by molar-refractivity contribution is 0.0988. The lowest BCUT2D eigenvalue weighted by Crippen LogP contribution is -2.27. The van der Waals surface area contributed by atoms with Crippen LogP contribution in [0.3, 0.4) is 0 Å². The molecule has 0 spiro atoms. The predicted molar refractivity (Wildman–Crippen MR) is 82.2 cm³/mol. The maximum Gasteiger partial charge on any atom is 0.274 e. The summed E-state index contributed by atoms with van der Waals surface area (Å²) in [6.07, 6.45) is 0. The Hall–Kier alpha value is -2.55. The highest BCUT2D eigenvalue weighted by molar-refractivity contribution is 6.08. The van der Waals surface area contributed by atoms with E-state index in [2.05, 4.69) is 4.98 Å². The molecule has 0 atom stereocenters. The molecular weight excluding hydrogens is 248 g/mol. The Morgan fingerprint density at radius 3 is 2.35 bits per heavy atom. The van der Waals surface area contributed by atoms with E-state index in [9.17, 15) is 4.79 Å². The average molecular weight is 264 g/mol. The minimum atomic E-state index is -0.0232. The first-order valence-electron chi connectivity index (χ1n) is 6.59. The molecule has 2 aromatic carbocycles. The molecule has 100 valence electrons. The Morgan fingerprint density at radius 1 is 1.00 bits per heavy atom. The third kappa shape index (κ3) is 1.97. The summed E-state index contributed by atoms with van der Waals surface area (Å²) < 4.78 is 0. The molecule has 20 heavy (non-hydrogen) atoms. The molecule has 1 N–H and O–H groups in total. The van der Waals surface area contributed by atoms with E-state index >= 15 is 0 Å². The minimum absolute atomic E-state index is 0.0232. The number of H-pyrrole nitrogens is 1. The van der Waals surface area contributed by atoms with Crippen molar-refractivity contribution in [1.82, 2.24) is 4.98 Å². The zero-order chi connectivity index (χ0) is 14.1. The van der Waals surface area contributed by atoms with E-state index in [0.29, 0.717) is 5.69 Å². The molecule has 0 saturated heterocycles. The van der Waals surface area contributed by atoms with Gasteiger partial charge in [-0.25, -0.2) is 0 Å². The van der Waals surface area contributed by atoms with Crippen LogP contribution in [0.25, 0.3) is 10.9 Å². The average Bonchev–Trinajstić information content (AvgIpc) is 2.84. The molecule has 0 fully saturated rings. The maximum absolute atomic E-state index is 12.6. The van der Waals surface area contributed by atoms with Crippen molar-refractivity contribution in [2.75, 3.05) is 11.9 Å². The van der Waals surface area contributed by atoms with Crippen molar-refractivity contribution in [3.05, 3.63) is 65.9 Å². The number of nitrogens with zero attached hydrogens (tertiary/aromatic N) is 1. The number of amides is 1. The van der Waals surface area contributed by atoms with Crippen molar-refractivity contribution in [1.29, 1.82) is 0 Å². The molecular formula is C17H16N2O. The molecule has 0 saturated carbocycles. The van der Waals surface area contributed by atoms with Gasteiger partial charge < -0.3 is 9.88 Å². The number of aromatic nitrogens is 1. The predicted octanol–water partition coefficient (Wildman–Crippen LogP) is 3.75. The third-order valence-corrected chi connectivity index (χ3v) is 3.63. The summed E-state index contributed by atoms with van der Waals surface area (Å²) in [5.74, 6) is -0.0232. The molecule has 0 radical (unpaired) electrons. The third-order valence-electron chi connectivity index (χ3n) is 3.63. The largest absolute Gasteiger partial charge is 0.350 e. The second kappa shape index (κ2) is 4.85. The fraction of sp³-hybridized carbons (Fsp3) is 0.118. The van der Waals surface area contributed by atoms with Crippen molar-refractivity contribution in [3.8, 4) is 0 Å². The molecule has 0 aliphatic rings. The molecule has 0 bridgehead atoms. The van der Waals surface area contributed by atoms with Gasteiger partial charge in [-0.1, -0.05) is 36.4 Å². The van der Waals surface area contributed by atoms with Crippen molar-refractivity contribution in [2.24, 2.45) is 0 Å². The quantitative estimate of drug-likeness (QED) is 0.751. The number of nitrogens with one attached hydrogen (secondary N) is 1. The van der Waals surface area contributed by atoms with Crippen molar-refractivity contribution in [3.63, 3.8) is 0 Å². The zero-order valence-corrected chi connectivity index (χ0v) is 11.6. The van der Waals surface area contributed by atoms with Crippen LogP contribution in [0.2, 0.25) is 0 Å². The fourth-order valence-corrected chi connectivity index (χ4v) is 2.43. The Morgan fingerprint density at radius 2 is 1.65 bits per heavy atom. The van der Waals surface area contributed by atoms with Crippen LogP contribution in [0, 0.1) is 6.92 Å². The van der Waals surface area contributed by atoms with Gasteiger partial charge in [0.1, 0.15) is 5.69 Å². The van der Waals surface area contributed by atoms with E-state index in [1.165, 1.54) is 0 Å². The summed E-state index contributed by atoms with van der Waals surface area (Å²) in [6, 6.07) is 17.6. The zero-order valence-electron chi connectivity index (χ0n) is 11.6. The highest BCUT2D eigenvalue weighted by Crippen LogP contribution is 2.23. The van der Waals surface area contributed by atoms with Gasteiger partial charge in [0.05, 0.1) is 0 Å². The molecule has 1 heterocycles. The standard InChI is InChI=1S/C17H16N2O/c1-12-14-10-6-7-11-15(14)18-16(12)17(20)19(2)13-8-4-3-5-9-13/h3-11,18H,1-2H3. The molecule has 0 aliphatic carbocycles. The molecule has 0 unspecified atom stereocenters. The van der Waals surface area contributed by atoms with Crippen LogP contribution in [0.4, 0.5) is 5.69 Å². The van der Waals surface area contributed by atoms with Crippen LogP contribution >= 0.6 is 0 Å². The number of anilines is 1. The lowest BCUT2D eigenvalue weighted by Gasteiger charge is -2.16. The smallest absolute Gasteiger partial charge is 0.274 e. The van der Waals surface area contributed by atoms with Crippen LogP contribution in [0.5, 0.6) is 0 Å². The van der Waals surface area contributed by atoms with Gasteiger partial charge in [0.15, 0.2) is 0 Å². The number of aryl methyl sites for hydroxylation is 1. The Kier molecular flexibility index (Phi) is 3.03. The van der Waals surface area contributed by atoms with Gasteiger partial charge in [0, 0.05) is 23.6 Å². The van der Waals surface area contributed by atoms with Gasteiger partial charge in [-0.15, -0.1) is 0 Å². The molecule has 1 amide bonds. The fourth-order valence-electron chi connectivity index (χ4n) is 2.43. The Balaban J connectivity index is 2.03. The van der Waals surface area contributed by atoms with Crippen LogP contribution in [-0.2, 0) is 0 Å². The van der Waals surface area contributed by atoms with Crippen LogP contribution in [0.1, 0.15) is 16.1 Å². The number of aromatic amines is 1. The number of carbonyl (C=O) groups excluding carboxylic acids is 1. The number of para-hydroxylation sites is 2. The summed E-state index contributed by atoms with van der Waals surface area (Å²) in [6.45, 7) is 1.98. The van der Waals surface area contributed by atoms with Crippen molar-refractivity contribution in [2.45, 2.75) is 6.92 Å². The van der Waals surface area contributed by atoms with Crippen LogP contribution in [-0.4, -0.2) is 17.9 Å². The molecule has 3 rings (SSSR count). The lowest BCUT2D eigenvalue weighted by atomic mass is 10.1. The Bertz CT molecular complexity index is 759. The summed E-state index contributed by atoms with van der Waals surface area (Å²) in [5.41, 5.74) is 3.52.